The van der Waals surface area contributed by atoms with E-state index in [0.717, 1.165) is 23.7 Å². The third kappa shape index (κ3) is 5.12. The molecular formula is C22H26ClN3O2. The first-order chi connectivity index (χ1) is 13.6. The SMILES string of the molecule is CC(c1ccccc1Cl)N1CCN(C(=O)CCNC(=O)c2ccccc2)CC1. The number of hydrogen-bond donors (Lipinski definition) is 1. The van der Waals surface area contributed by atoms with Gasteiger partial charge in [0.25, 0.3) is 5.91 Å². The molecule has 148 valence electrons. The Bertz CT molecular complexity index is 804. The van der Waals surface area contributed by atoms with Crippen molar-refractivity contribution in [1.29, 1.82) is 0 Å². The van der Waals surface area contributed by atoms with Crippen molar-refractivity contribution in [1.82, 2.24) is 15.1 Å². The first-order valence-electron chi connectivity index (χ1n) is 9.66. The molecule has 1 atom stereocenters. The third-order valence-electron chi connectivity index (χ3n) is 5.23. The summed E-state index contributed by atoms with van der Waals surface area (Å²) >= 11 is 6.32. The highest BCUT2D eigenvalue weighted by Crippen LogP contribution is 2.27. The summed E-state index contributed by atoms with van der Waals surface area (Å²) in [6, 6.07) is 17.2. The van der Waals surface area contributed by atoms with Gasteiger partial charge >= 0.3 is 0 Å². The normalized spacial score (nSPS) is 15.9. The van der Waals surface area contributed by atoms with Crippen LogP contribution in [0.4, 0.5) is 0 Å². The second-order valence-electron chi connectivity index (χ2n) is 6.99. The van der Waals surface area contributed by atoms with Gasteiger partial charge in [-0.05, 0) is 30.7 Å². The van der Waals surface area contributed by atoms with E-state index in [1.54, 1.807) is 12.1 Å². The van der Waals surface area contributed by atoms with Gasteiger partial charge in [-0.3, -0.25) is 14.5 Å². The van der Waals surface area contributed by atoms with Crippen molar-refractivity contribution in [2.45, 2.75) is 19.4 Å². The Hall–Kier alpha value is -2.37. The zero-order valence-corrected chi connectivity index (χ0v) is 16.9. The van der Waals surface area contributed by atoms with Crippen LogP contribution in [0.25, 0.3) is 0 Å². The van der Waals surface area contributed by atoms with Crippen LogP contribution < -0.4 is 5.32 Å². The topological polar surface area (TPSA) is 52.6 Å². The van der Waals surface area contributed by atoms with Gasteiger partial charge in [0.1, 0.15) is 0 Å². The molecule has 0 aromatic heterocycles. The Morgan fingerprint density at radius 3 is 2.32 bits per heavy atom. The number of carbonyl (C=O) groups excluding carboxylic acids is 2. The van der Waals surface area contributed by atoms with E-state index in [1.807, 2.05) is 41.3 Å². The number of nitrogens with zero attached hydrogens (tertiary/aromatic N) is 2. The molecule has 6 heteroatoms. The molecule has 2 aromatic carbocycles. The summed E-state index contributed by atoms with van der Waals surface area (Å²) < 4.78 is 0. The van der Waals surface area contributed by atoms with Gasteiger partial charge in [0.05, 0.1) is 0 Å². The van der Waals surface area contributed by atoms with Crippen LogP contribution in [-0.2, 0) is 4.79 Å². The number of nitrogens with one attached hydrogen (secondary N) is 1. The summed E-state index contributed by atoms with van der Waals surface area (Å²) in [5.41, 5.74) is 1.73. The van der Waals surface area contributed by atoms with Gasteiger partial charge in [-0.15, -0.1) is 0 Å². The molecule has 28 heavy (non-hydrogen) atoms. The molecular weight excluding hydrogens is 374 g/mol. The van der Waals surface area contributed by atoms with Crippen LogP contribution in [0.1, 0.15) is 35.3 Å². The first kappa shape index (κ1) is 20.4. The molecule has 2 aromatic rings. The minimum atomic E-state index is -0.146. The van der Waals surface area contributed by atoms with Gasteiger partial charge in [-0.2, -0.15) is 0 Å². The van der Waals surface area contributed by atoms with Gasteiger partial charge < -0.3 is 10.2 Å². The summed E-state index contributed by atoms with van der Waals surface area (Å²) in [5, 5.41) is 3.59. The molecule has 1 unspecified atom stereocenters. The van der Waals surface area contributed by atoms with E-state index in [4.69, 9.17) is 11.6 Å². The van der Waals surface area contributed by atoms with Crippen LogP contribution in [0.5, 0.6) is 0 Å². The van der Waals surface area contributed by atoms with Crippen LogP contribution in [0.15, 0.2) is 54.6 Å². The van der Waals surface area contributed by atoms with Gasteiger partial charge in [-0.25, -0.2) is 0 Å². The quantitative estimate of drug-likeness (QED) is 0.810. The highest BCUT2D eigenvalue weighted by atomic mass is 35.5. The van der Waals surface area contributed by atoms with E-state index >= 15 is 0 Å². The Balaban J connectivity index is 1.42. The molecule has 1 fully saturated rings. The summed E-state index contributed by atoms with van der Waals surface area (Å²) in [6.45, 7) is 5.52. The van der Waals surface area contributed by atoms with Gasteiger partial charge in [0, 0.05) is 55.8 Å². The lowest BCUT2D eigenvalue weighted by atomic mass is 10.1. The molecule has 2 amide bonds. The molecule has 0 aliphatic carbocycles. The Morgan fingerprint density at radius 1 is 1.00 bits per heavy atom. The van der Waals surface area contributed by atoms with Crippen molar-refractivity contribution in [3.8, 4) is 0 Å². The van der Waals surface area contributed by atoms with Crippen molar-refractivity contribution in [3.05, 3.63) is 70.7 Å². The van der Waals surface area contributed by atoms with Gasteiger partial charge in [-0.1, -0.05) is 48.0 Å². The zero-order chi connectivity index (χ0) is 19.9. The van der Waals surface area contributed by atoms with E-state index in [2.05, 4.69) is 23.2 Å². The zero-order valence-electron chi connectivity index (χ0n) is 16.1. The van der Waals surface area contributed by atoms with Crippen molar-refractivity contribution in [2.24, 2.45) is 0 Å². The molecule has 0 bridgehead atoms. The van der Waals surface area contributed by atoms with Crippen LogP contribution >= 0.6 is 11.6 Å². The molecule has 1 heterocycles. The van der Waals surface area contributed by atoms with Crippen LogP contribution in [-0.4, -0.2) is 54.3 Å². The molecule has 1 aliphatic rings. The number of hydrogen-bond acceptors (Lipinski definition) is 3. The van der Waals surface area contributed by atoms with E-state index < -0.39 is 0 Å². The van der Waals surface area contributed by atoms with Crippen molar-refractivity contribution < 1.29 is 9.59 Å². The molecule has 3 rings (SSSR count). The van der Waals surface area contributed by atoms with E-state index in [0.29, 0.717) is 31.6 Å². The number of piperazine rings is 1. The minimum Gasteiger partial charge on any atom is -0.352 e. The Kier molecular flexibility index (Phi) is 7.06. The molecule has 1 N–H and O–H groups in total. The van der Waals surface area contributed by atoms with Crippen LogP contribution in [0.2, 0.25) is 5.02 Å². The molecule has 0 saturated carbocycles. The van der Waals surface area contributed by atoms with Gasteiger partial charge in [0.15, 0.2) is 0 Å². The smallest absolute Gasteiger partial charge is 0.251 e. The van der Waals surface area contributed by atoms with Gasteiger partial charge in [0.2, 0.25) is 5.91 Å². The summed E-state index contributed by atoms with van der Waals surface area (Å²) in [7, 11) is 0. The maximum Gasteiger partial charge on any atom is 0.251 e. The second kappa shape index (κ2) is 9.71. The molecule has 1 saturated heterocycles. The standard InChI is InChI=1S/C22H26ClN3O2/c1-17(19-9-5-6-10-20(19)23)25-13-15-26(16-14-25)21(27)11-12-24-22(28)18-7-3-2-4-8-18/h2-10,17H,11-16H2,1H3,(H,24,28). The third-order valence-corrected chi connectivity index (χ3v) is 5.57. The maximum absolute atomic E-state index is 12.5. The molecule has 0 spiro atoms. The Labute approximate surface area is 171 Å². The maximum atomic E-state index is 12.5. The average Bonchev–Trinajstić information content (AvgIpc) is 2.74. The van der Waals surface area contributed by atoms with E-state index in [9.17, 15) is 9.59 Å². The number of carbonyl (C=O) groups is 2. The monoisotopic (exact) mass is 399 g/mol. The number of benzene rings is 2. The van der Waals surface area contributed by atoms with Crippen molar-refractivity contribution >= 4 is 23.4 Å². The minimum absolute atomic E-state index is 0.0819. The fraction of sp³-hybridized carbons (Fsp3) is 0.364. The largest absolute Gasteiger partial charge is 0.352 e. The first-order valence-corrected chi connectivity index (χ1v) is 10.0. The summed E-state index contributed by atoms with van der Waals surface area (Å²) in [5.74, 6) is -0.0646. The number of halogens is 1. The second-order valence-corrected chi connectivity index (χ2v) is 7.39. The van der Waals surface area contributed by atoms with Crippen LogP contribution in [0.3, 0.4) is 0 Å². The summed E-state index contributed by atoms with van der Waals surface area (Å²) in [4.78, 5) is 28.7. The predicted octanol–water partition coefficient (Wildman–Crippen LogP) is 3.37. The van der Waals surface area contributed by atoms with Crippen molar-refractivity contribution in [3.63, 3.8) is 0 Å². The lowest BCUT2D eigenvalue weighted by Crippen LogP contribution is -2.49. The lowest BCUT2D eigenvalue weighted by molar-refractivity contribution is -0.133. The summed E-state index contributed by atoms with van der Waals surface area (Å²) in [6.07, 6.45) is 0.318. The molecule has 5 nitrogen and oxygen atoms in total. The highest BCUT2D eigenvalue weighted by molar-refractivity contribution is 6.31. The Morgan fingerprint density at radius 2 is 1.64 bits per heavy atom. The van der Waals surface area contributed by atoms with Crippen LogP contribution in [0, 0.1) is 0 Å². The highest BCUT2D eigenvalue weighted by Gasteiger charge is 2.25. The number of rotatable bonds is 6. The predicted molar refractivity (Wildman–Crippen MR) is 111 cm³/mol. The van der Waals surface area contributed by atoms with E-state index in [1.165, 1.54) is 0 Å². The fourth-order valence-electron chi connectivity index (χ4n) is 3.50. The average molecular weight is 400 g/mol. The molecule has 0 radical (unpaired) electrons. The fourth-order valence-corrected chi connectivity index (χ4v) is 3.80. The number of amides is 2. The van der Waals surface area contributed by atoms with Crippen molar-refractivity contribution in [2.75, 3.05) is 32.7 Å². The molecule has 1 aliphatic heterocycles. The van der Waals surface area contributed by atoms with E-state index in [-0.39, 0.29) is 17.9 Å². The lowest BCUT2D eigenvalue weighted by Gasteiger charge is -2.38.